The van der Waals surface area contributed by atoms with E-state index < -0.39 is 10.8 Å². The van der Waals surface area contributed by atoms with E-state index in [4.69, 9.17) is 8.92 Å². The van der Waals surface area contributed by atoms with E-state index in [-0.39, 0.29) is 12.0 Å². The van der Waals surface area contributed by atoms with Crippen molar-refractivity contribution in [1.82, 2.24) is 10.2 Å². The first-order chi connectivity index (χ1) is 38.8. The molecule has 5 aromatic carbocycles. The summed E-state index contributed by atoms with van der Waals surface area (Å²) in [4.78, 5) is 11.8. The number of allylic oxidation sites excluding steroid dienone is 8. The Labute approximate surface area is 484 Å². The quantitative estimate of drug-likeness (QED) is 0.0230. The number of hydrogen-bond acceptors (Lipinski definition) is 12. The molecule has 11 rings (SSSR count). The van der Waals surface area contributed by atoms with Crippen LogP contribution in [0.15, 0.2) is 194 Å². The van der Waals surface area contributed by atoms with Gasteiger partial charge in [0.2, 0.25) is 16.9 Å². The van der Waals surface area contributed by atoms with Crippen LogP contribution in [0.25, 0.3) is 44.7 Å². The van der Waals surface area contributed by atoms with Crippen LogP contribution >= 0.6 is 35.1 Å². The minimum atomic E-state index is -1.03. The van der Waals surface area contributed by atoms with Crippen LogP contribution in [0.5, 0.6) is 10.9 Å². The number of anilines is 2. The number of rotatable bonds is 16. The molecule has 80 heavy (non-hydrogen) atoms. The van der Waals surface area contributed by atoms with Crippen molar-refractivity contribution in [3.8, 4) is 10.9 Å². The topological polar surface area (TPSA) is 108 Å². The van der Waals surface area contributed by atoms with Gasteiger partial charge in [0.1, 0.15) is 12.6 Å². The lowest BCUT2D eigenvalue weighted by molar-refractivity contribution is -0.728. The number of nitrogens with zero attached hydrogens (tertiary/aromatic N) is 6. The van der Waals surface area contributed by atoms with E-state index in [1.807, 2.05) is 30.0 Å². The van der Waals surface area contributed by atoms with Crippen molar-refractivity contribution in [2.75, 3.05) is 35.8 Å². The molecule has 11 nitrogen and oxygen atoms in total. The Bertz CT molecular complexity index is 3830. The van der Waals surface area contributed by atoms with Crippen LogP contribution in [0.4, 0.5) is 11.4 Å². The Hall–Kier alpha value is -6.85. The smallest absolute Gasteiger partial charge is 0.306 e. The number of fused-ring (bicyclic) bond motifs is 6. The zero-order valence-corrected chi connectivity index (χ0v) is 49.9. The zero-order valence-electron chi connectivity index (χ0n) is 46.6. The van der Waals surface area contributed by atoms with Gasteiger partial charge in [0.05, 0.1) is 50.7 Å². The first kappa shape index (κ1) is 56.4. The molecule has 8 aromatic rings. The predicted octanol–water partition coefficient (Wildman–Crippen LogP) is 14.3. The summed E-state index contributed by atoms with van der Waals surface area (Å²) in [6.07, 6.45) is 25.5. The molecular weight excluding hydrogens is 1070 g/mol. The summed E-state index contributed by atoms with van der Waals surface area (Å²) in [5.41, 5.74) is 13.8. The molecule has 1 unspecified atom stereocenters. The molecule has 3 aliphatic rings. The predicted molar refractivity (Wildman–Crippen MR) is 329 cm³/mol. The summed E-state index contributed by atoms with van der Waals surface area (Å²) >= 11 is 4.52. The Morgan fingerprint density at radius 1 is 0.912 bits per heavy atom. The molecule has 0 amide bonds. The lowest BCUT2D eigenvalue weighted by Crippen LogP contribution is -2.37. The normalized spacial score (nSPS) is 16.9. The monoisotopic (exact) mass is 1140 g/mol. The molecule has 1 atom stereocenters. The standard InChI is InChI=1S/C33H34N4O3S3.C32H33N2O2S/c1-5-37-29-18-26(43-40-32-35-34-21-41-32)7-9-30(29)42-31(37)17-24-15-23(19-33(3,4)20-24)16-25-10-11-36(12-13-39-38)28-8-6-22(2)14-27(25)28;1-5-20-34-29-22-26(37(4)35)15-17-30(29)36-31(34)18-12-23(6-2)11-13-25-19-21-33(3)28-16-14-24-9-7-8-10-27(24)32(25)28/h6-11,14-18,21H,5,12-13,19-20H2,1-4H3;7-19,21-22H,5-6,20H2,1-4H3/q;+1. The highest BCUT2D eigenvalue weighted by atomic mass is 32.2. The van der Waals surface area contributed by atoms with Crippen LogP contribution in [0.1, 0.15) is 77.0 Å². The van der Waals surface area contributed by atoms with Gasteiger partial charge in [0.15, 0.2) is 24.7 Å². The van der Waals surface area contributed by atoms with E-state index in [9.17, 15) is 9.47 Å². The molecule has 0 spiro atoms. The number of aromatic nitrogens is 4. The first-order valence-corrected chi connectivity index (χ1v) is 31.1. The van der Waals surface area contributed by atoms with Gasteiger partial charge in [-0.25, -0.2) is 4.57 Å². The molecule has 5 heterocycles. The number of aryl methyl sites for hydroxylation is 2. The van der Waals surface area contributed by atoms with Crippen LogP contribution in [0.3, 0.4) is 0 Å². The third-order valence-corrected chi connectivity index (χ3v) is 17.8. The maximum Gasteiger partial charge on any atom is 0.306 e. The van der Waals surface area contributed by atoms with Crippen LogP contribution in [-0.2, 0) is 29.3 Å². The van der Waals surface area contributed by atoms with Gasteiger partial charge < -0.3 is 28.9 Å². The maximum absolute atomic E-state index is 12.0. The minimum Gasteiger partial charge on any atom is -0.723 e. The summed E-state index contributed by atoms with van der Waals surface area (Å²) < 4.78 is 28.2. The highest BCUT2D eigenvalue weighted by Gasteiger charge is 2.30. The molecular formula is C65H67N6O5S4+. The Morgan fingerprint density at radius 2 is 1.75 bits per heavy atom. The van der Waals surface area contributed by atoms with Gasteiger partial charge >= 0.3 is 5.19 Å². The van der Waals surface area contributed by atoms with Crippen LogP contribution < -0.4 is 33.1 Å². The van der Waals surface area contributed by atoms with Crippen molar-refractivity contribution in [2.24, 2.45) is 12.5 Å². The van der Waals surface area contributed by atoms with Gasteiger partial charge in [-0.05, 0) is 144 Å². The van der Waals surface area contributed by atoms with E-state index in [2.05, 4.69) is 222 Å². The fourth-order valence-corrected chi connectivity index (χ4v) is 13.4. The Morgan fingerprint density at radius 3 is 2.54 bits per heavy atom. The van der Waals surface area contributed by atoms with Crippen LogP contribution in [0.2, 0.25) is 0 Å². The van der Waals surface area contributed by atoms with E-state index in [1.54, 1.807) is 11.8 Å². The second-order valence-corrected chi connectivity index (χ2v) is 25.0. The van der Waals surface area contributed by atoms with Crippen LogP contribution in [0, 0.1) is 12.3 Å². The zero-order chi connectivity index (χ0) is 55.9. The number of benzene rings is 5. The average molecular weight is 1140 g/mol. The van der Waals surface area contributed by atoms with Gasteiger partial charge in [0.25, 0.3) is 0 Å². The molecule has 2 aliphatic heterocycles. The van der Waals surface area contributed by atoms with Crippen molar-refractivity contribution in [1.29, 1.82) is 0 Å². The average Bonchev–Trinajstić information content (AvgIpc) is 4.32. The molecule has 0 saturated carbocycles. The Kier molecular flexibility index (Phi) is 17.8. The van der Waals surface area contributed by atoms with Crippen LogP contribution in [-0.4, -0.2) is 40.4 Å². The molecule has 410 valence electrons. The summed E-state index contributed by atoms with van der Waals surface area (Å²) in [6, 6.07) is 36.0. The van der Waals surface area contributed by atoms with Gasteiger partial charge in [-0.2, -0.15) is 4.57 Å². The molecule has 15 heteroatoms. The molecule has 0 fully saturated rings. The fourth-order valence-electron chi connectivity index (χ4n) is 10.7. The summed E-state index contributed by atoms with van der Waals surface area (Å²) in [5, 5.41) is 25.2. The molecule has 0 N–H and O–H groups in total. The third kappa shape index (κ3) is 12.8. The number of ether oxygens (including phenoxy) is 1. The number of thioether (sulfide) groups is 1. The second-order valence-electron chi connectivity index (χ2n) is 20.9. The summed E-state index contributed by atoms with van der Waals surface area (Å²) in [6.45, 7) is 15.7. The SMILES string of the molecule is CCCN1/C(=C/C=C(/C=C/c2cc[n+](C)c3ccc4ccccc4c23)CC)Oc2ccc(S(C)=O)cc21.CCN1/C(=C/C2=CC(=C/c3cc[n+](CCO[O-])c4ccc(C)cc34)/CC(C)(C)C2)Sc2ccc(SOc3nncs3)cc21. The van der Waals surface area contributed by atoms with Gasteiger partial charge in [-0.15, -0.1) is 5.10 Å². The van der Waals surface area contributed by atoms with Gasteiger partial charge in [-0.3, -0.25) is 4.21 Å². The van der Waals surface area contributed by atoms with Crippen molar-refractivity contribution >= 4 is 102 Å². The first-order valence-electron chi connectivity index (χ1n) is 27.1. The highest BCUT2D eigenvalue weighted by molar-refractivity contribution is 8.03. The van der Waals surface area contributed by atoms with Gasteiger partial charge in [-0.1, -0.05) is 122 Å². The largest absolute Gasteiger partial charge is 0.723 e. The van der Waals surface area contributed by atoms with Crippen molar-refractivity contribution in [3.05, 3.63) is 196 Å². The molecule has 3 aromatic heterocycles. The van der Waals surface area contributed by atoms with Crippen molar-refractivity contribution in [2.45, 2.75) is 88.5 Å². The highest BCUT2D eigenvalue weighted by Crippen LogP contribution is 2.49. The van der Waals surface area contributed by atoms with E-state index in [0.29, 0.717) is 11.7 Å². The lowest BCUT2D eigenvalue weighted by Gasteiger charge is -2.31. The summed E-state index contributed by atoms with van der Waals surface area (Å²) in [5.74, 6) is 1.62. The fraction of sp³-hybridized carbons (Fsp3) is 0.262. The van der Waals surface area contributed by atoms with E-state index in [1.165, 1.54) is 99.5 Å². The molecule has 1 aliphatic carbocycles. The molecule has 0 saturated heterocycles. The maximum atomic E-state index is 12.0. The summed E-state index contributed by atoms with van der Waals surface area (Å²) in [7, 11) is 1.06. The third-order valence-electron chi connectivity index (χ3n) is 14.4. The lowest BCUT2D eigenvalue weighted by atomic mass is 9.75. The van der Waals surface area contributed by atoms with E-state index >= 15 is 0 Å². The minimum absolute atomic E-state index is 0.137. The van der Waals surface area contributed by atoms with Gasteiger partial charge in [0, 0.05) is 64.2 Å². The Balaban J connectivity index is 0.000000182. The number of pyridine rings is 2. The van der Waals surface area contributed by atoms with Crippen molar-refractivity contribution in [3.63, 3.8) is 0 Å². The molecule has 0 bridgehead atoms. The second kappa shape index (κ2) is 25.3. The van der Waals surface area contributed by atoms with Crippen molar-refractivity contribution < 1.29 is 32.4 Å². The number of hydrogen-bond donors (Lipinski definition) is 0. The molecule has 0 radical (unpaired) electrons. The van der Waals surface area contributed by atoms with E-state index in [0.717, 1.165) is 71.4 Å².